The average molecular weight is 357 g/mol. The minimum Gasteiger partial charge on any atom is -0.469 e. The molecule has 0 aliphatic carbocycles. The Morgan fingerprint density at radius 2 is 1.24 bits per heavy atom. The quantitative estimate of drug-likeness (QED) is 0.238. The molecule has 0 spiro atoms. The topological polar surface area (TPSA) is 52.6 Å². The summed E-state index contributed by atoms with van der Waals surface area (Å²) in [5.74, 6) is -0.282. The second kappa shape index (κ2) is 17.8. The molecule has 148 valence electrons. The second-order valence-electron chi connectivity index (χ2n) is 7.02. The maximum Gasteiger partial charge on any atom is 0.305 e. The standard InChI is InChI=1S/C21H40O4/c1-4-5-6-7-8-10-13-16-20(25-19(2)22)17-14-11-9-12-15-18-21(23)24-3/h20H,4-18H2,1-3H3. The molecule has 0 aliphatic rings. The van der Waals surface area contributed by atoms with Gasteiger partial charge in [-0.2, -0.15) is 0 Å². The Labute approximate surface area is 155 Å². The first-order valence-corrected chi connectivity index (χ1v) is 10.3. The molecule has 0 saturated heterocycles. The first-order valence-electron chi connectivity index (χ1n) is 10.3. The van der Waals surface area contributed by atoms with Crippen LogP contribution >= 0.6 is 0 Å². The molecule has 0 saturated carbocycles. The number of ether oxygens (including phenoxy) is 2. The first kappa shape index (κ1) is 23.9. The Morgan fingerprint density at radius 1 is 0.760 bits per heavy atom. The number of rotatable bonds is 17. The summed E-state index contributed by atoms with van der Waals surface area (Å²) in [7, 11) is 1.43. The molecule has 4 nitrogen and oxygen atoms in total. The lowest BCUT2D eigenvalue weighted by molar-refractivity contribution is -0.147. The fraction of sp³-hybridized carbons (Fsp3) is 0.905. The van der Waals surface area contributed by atoms with Gasteiger partial charge < -0.3 is 9.47 Å². The molecule has 0 radical (unpaired) electrons. The van der Waals surface area contributed by atoms with Crippen LogP contribution in [0, 0.1) is 0 Å². The smallest absolute Gasteiger partial charge is 0.305 e. The number of hydrogen-bond donors (Lipinski definition) is 0. The summed E-state index contributed by atoms with van der Waals surface area (Å²) in [5, 5.41) is 0. The molecule has 0 aromatic rings. The van der Waals surface area contributed by atoms with Crippen molar-refractivity contribution in [3.8, 4) is 0 Å². The van der Waals surface area contributed by atoms with Crippen molar-refractivity contribution < 1.29 is 19.1 Å². The highest BCUT2D eigenvalue weighted by atomic mass is 16.5. The summed E-state index contributed by atoms with van der Waals surface area (Å²) in [5.41, 5.74) is 0. The third kappa shape index (κ3) is 17.6. The normalized spacial score (nSPS) is 12.0. The zero-order valence-electron chi connectivity index (χ0n) is 16.8. The number of hydrogen-bond acceptors (Lipinski definition) is 4. The van der Waals surface area contributed by atoms with Gasteiger partial charge in [0.2, 0.25) is 0 Å². The van der Waals surface area contributed by atoms with Gasteiger partial charge in [-0.05, 0) is 32.1 Å². The van der Waals surface area contributed by atoms with Gasteiger partial charge in [0.05, 0.1) is 7.11 Å². The highest BCUT2D eigenvalue weighted by molar-refractivity contribution is 5.68. The van der Waals surface area contributed by atoms with Crippen LogP contribution in [0.15, 0.2) is 0 Å². The van der Waals surface area contributed by atoms with Gasteiger partial charge in [0.25, 0.3) is 0 Å². The summed E-state index contributed by atoms with van der Waals surface area (Å²) in [6.07, 6.45) is 16.9. The van der Waals surface area contributed by atoms with E-state index in [-0.39, 0.29) is 18.0 Å². The Kier molecular flexibility index (Phi) is 17.0. The summed E-state index contributed by atoms with van der Waals surface area (Å²) < 4.78 is 10.1. The zero-order valence-corrected chi connectivity index (χ0v) is 16.8. The van der Waals surface area contributed by atoms with Crippen molar-refractivity contribution in [2.75, 3.05) is 7.11 Å². The molecule has 0 bridgehead atoms. The van der Waals surface area contributed by atoms with Crippen molar-refractivity contribution in [3.63, 3.8) is 0 Å². The van der Waals surface area contributed by atoms with Crippen LogP contribution in [0.5, 0.6) is 0 Å². The fourth-order valence-corrected chi connectivity index (χ4v) is 3.10. The van der Waals surface area contributed by atoms with Gasteiger partial charge >= 0.3 is 11.9 Å². The van der Waals surface area contributed by atoms with Crippen molar-refractivity contribution in [2.45, 2.75) is 116 Å². The van der Waals surface area contributed by atoms with Gasteiger partial charge in [-0.15, -0.1) is 0 Å². The number of unbranched alkanes of at least 4 members (excludes halogenated alkanes) is 10. The molecule has 0 aromatic carbocycles. The van der Waals surface area contributed by atoms with Crippen molar-refractivity contribution in [3.05, 3.63) is 0 Å². The van der Waals surface area contributed by atoms with E-state index in [2.05, 4.69) is 11.7 Å². The van der Waals surface area contributed by atoms with Gasteiger partial charge in [-0.1, -0.05) is 64.7 Å². The number of carbonyl (C=O) groups is 2. The fourth-order valence-electron chi connectivity index (χ4n) is 3.10. The predicted molar refractivity (Wildman–Crippen MR) is 102 cm³/mol. The monoisotopic (exact) mass is 356 g/mol. The van der Waals surface area contributed by atoms with Crippen LogP contribution in [0.2, 0.25) is 0 Å². The average Bonchev–Trinajstić information content (AvgIpc) is 2.59. The Balaban J connectivity index is 3.67. The van der Waals surface area contributed by atoms with Crippen LogP contribution in [0.3, 0.4) is 0 Å². The lowest BCUT2D eigenvalue weighted by atomic mass is 10.0. The van der Waals surface area contributed by atoms with E-state index in [1.807, 2.05) is 0 Å². The highest BCUT2D eigenvalue weighted by Gasteiger charge is 2.11. The van der Waals surface area contributed by atoms with E-state index < -0.39 is 0 Å². The van der Waals surface area contributed by atoms with Gasteiger partial charge in [-0.25, -0.2) is 0 Å². The predicted octanol–water partition coefficient (Wildman–Crippen LogP) is 5.96. The van der Waals surface area contributed by atoms with Crippen molar-refractivity contribution in [1.29, 1.82) is 0 Å². The van der Waals surface area contributed by atoms with Crippen molar-refractivity contribution in [1.82, 2.24) is 0 Å². The molecule has 0 N–H and O–H groups in total. The van der Waals surface area contributed by atoms with E-state index in [1.165, 1.54) is 52.6 Å². The van der Waals surface area contributed by atoms with E-state index >= 15 is 0 Å². The molecule has 1 atom stereocenters. The summed E-state index contributed by atoms with van der Waals surface area (Å²) in [6.45, 7) is 3.74. The number of methoxy groups -OCH3 is 1. The van der Waals surface area contributed by atoms with E-state index in [9.17, 15) is 9.59 Å². The van der Waals surface area contributed by atoms with Crippen LogP contribution < -0.4 is 0 Å². The van der Waals surface area contributed by atoms with E-state index in [4.69, 9.17) is 4.74 Å². The largest absolute Gasteiger partial charge is 0.469 e. The first-order chi connectivity index (χ1) is 12.1. The molecule has 0 amide bonds. The van der Waals surface area contributed by atoms with Crippen LogP contribution in [0.25, 0.3) is 0 Å². The van der Waals surface area contributed by atoms with Crippen molar-refractivity contribution in [2.24, 2.45) is 0 Å². The third-order valence-electron chi connectivity index (χ3n) is 4.60. The van der Waals surface area contributed by atoms with Crippen LogP contribution in [-0.2, 0) is 19.1 Å². The summed E-state index contributed by atoms with van der Waals surface area (Å²) >= 11 is 0. The summed E-state index contributed by atoms with van der Waals surface area (Å²) in [6, 6.07) is 0. The van der Waals surface area contributed by atoms with Crippen LogP contribution in [0.1, 0.15) is 110 Å². The number of carbonyl (C=O) groups excluding carboxylic acids is 2. The zero-order chi connectivity index (χ0) is 18.8. The molecule has 0 heterocycles. The lowest BCUT2D eigenvalue weighted by Gasteiger charge is -2.17. The van der Waals surface area contributed by atoms with Crippen LogP contribution in [0.4, 0.5) is 0 Å². The third-order valence-corrected chi connectivity index (χ3v) is 4.60. The second-order valence-corrected chi connectivity index (χ2v) is 7.02. The molecular formula is C21H40O4. The molecule has 0 aliphatic heterocycles. The molecule has 0 rings (SSSR count). The molecule has 4 heteroatoms. The van der Waals surface area contributed by atoms with Gasteiger partial charge in [0.15, 0.2) is 0 Å². The minimum absolute atomic E-state index is 0.0863. The van der Waals surface area contributed by atoms with E-state index in [0.29, 0.717) is 6.42 Å². The maximum atomic E-state index is 11.3. The molecular weight excluding hydrogens is 316 g/mol. The minimum atomic E-state index is -0.161. The maximum absolute atomic E-state index is 11.3. The van der Waals surface area contributed by atoms with E-state index in [0.717, 1.165) is 51.4 Å². The van der Waals surface area contributed by atoms with Crippen LogP contribution in [-0.4, -0.2) is 25.2 Å². The van der Waals surface area contributed by atoms with Gasteiger partial charge in [0.1, 0.15) is 6.10 Å². The molecule has 0 fully saturated rings. The Hall–Kier alpha value is -1.06. The van der Waals surface area contributed by atoms with Gasteiger partial charge in [0, 0.05) is 13.3 Å². The molecule has 1 unspecified atom stereocenters. The molecule has 0 aromatic heterocycles. The highest BCUT2D eigenvalue weighted by Crippen LogP contribution is 2.17. The van der Waals surface area contributed by atoms with Crippen molar-refractivity contribution >= 4 is 11.9 Å². The molecule has 25 heavy (non-hydrogen) atoms. The SMILES string of the molecule is CCCCCCCCCC(CCCCCCCC(=O)OC)OC(C)=O. The Bertz CT molecular complexity index is 328. The number of esters is 2. The van der Waals surface area contributed by atoms with E-state index in [1.54, 1.807) is 0 Å². The van der Waals surface area contributed by atoms with Gasteiger partial charge in [-0.3, -0.25) is 9.59 Å². The lowest BCUT2D eigenvalue weighted by Crippen LogP contribution is -2.16. The summed E-state index contributed by atoms with van der Waals surface area (Å²) in [4.78, 5) is 22.3. The Morgan fingerprint density at radius 3 is 1.72 bits per heavy atom.